The largest absolute Gasteiger partial charge is 0.368 e. The van der Waals surface area contributed by atoms with Crippen LogP contribution in [0.25, 0.3) is 0 Å². The number of carbonyl (C=O) groups is 3. The maximum Gasteiger partial charge on any atom is 0.260 e. The Balaban J connectivity index is 1.57. The zero-order valence-electron chi connectivity index (χ0n) is 19.0. The highest BCUT2D eigenvalue weighted by molar-refractivity contribution is 6.08. The summed E-state index contributed by atoms with van der Waals surface area (Å²) in [6, 6.07) is 21.8. The molecule has 0 fully saturated rings. The molecule has 3 N–H and O–H groups in total. The van der Waals surface area contributed by atoms with Gasteiger partial charge in [0.1, 0.15) is 12.8 Å². The zero-order chi connectivity index (χ0) is 24.1. The predicted molar refractivity (Wildman–Crippen MR) is 131 cm³/mol. The number of fused-ring (bicyclic) bond motifs is 1. The predicted octanol–water partition coefficient (Wildman–Crippen LogP) is 4.06. The Labute approximate surface area is 198 Å². The molecule has 7 heteroatoms. The van der Waals surface area contributed by atoms with Gasteiger partial charge in [-0.15, -0.1) is 0 Å². The topological polar surface area (TPSA) is 102 Å². The molecule has 0 saturated heterocycles. The minimum absolute atomic E-state index is 0.210. The third kappa shape index (κ3) is 5.15. The molecule has 1 unspecified atom stereocenters. The molecule has 0 aromatic heterocycles. The molecular formula is C27H27N3O4. The number of anilines is 2. The van der Waals surface area contributed by atoms with E-state index in [2.05, 4.69) is 5.32 Å². The van der Waals surface area contributed by atoms with Crippen LogP contribution in [0.3, 0.4) is 0 Å². The summed E-state index contributed by atoms with van der Waals surface area (Å²) >= 11 is 0. The first kappa shape index (κ1) is 23.2. The van der Waals surface area contributed by atoms with Gasteiger partial charge >= 0.3 is 0 Å². The van der Waals surface area contributed by atoms with Gasteiger partial charge < -0.3 is 15.8 Å². The molecule has 1 atom stereocenters. The molecule has 1 aliphatic heterocycles. The van der Waals surface area contributed by atoms with E-state index >= 15 is 0 Å². The molecule has 0 bridgehead atoms. The number of hydrogen-bond acceptors (Lipinski definition) is 4. The van der Waals surface area contributed by atoms with Crippen LogP contribution in [0, 0.1) is 6.92 Å². The van der Waals surface area contributed by atoms with Crippen molar-refractivity contribution in [2.24, 2.45) is 5.73 Å². The number of aryl methyl sites for hydroxylation is 2. The van der Waals surface area contributed by atoms with Crippen molar-refractivity contribution in [1.29, 1.82) is 0 Å². The second kappa shape index (κ2) is 10.3. The van der Waals surface area contributed by atoms with Crippen LogP contribution >= 0.6 is 0 Å². The highest BCUT2D eigenvalue weighted by Gasteiger charge is 2.31. The lowest BCUT2D eigenvalue weighted by atomic mass is 10.1. The fourth-order valence-electron chi connectivity index (χ4n) is 4.15. The average Bonchev–Trinajstić information content (AvgIpc) is 3.02. The van der Waals surface area contributed by atoms with Gasteiger partial charge in [0.15, 0.2) is 0 Å². The lowest BCUT2D eigenvalue weighted by Crippen LogP contribution is -2.43. The highest BCUT2D eigenvalue weighted by Crippen LogP contribution is 2.31. The van der Waals surface area contributed by atoms with Gasteiger partial charge in [-0.3, -0.25) is 19.3 Å². The van der Waals surface area contributed by atoms with Crippen molar-refractivity contribution >= 4 is 29.1 Å². The van der Waals surface area contributed by atoms with Crippen molar-refractivity contribution in [3.05, 3.63) is 95.1 Å². The Bertz CT molecular complexity index is 1210. The number of carbonyl (C=O) groups excluding carboxylic acids is 3. The molecule has 3 aromatic carbocycles. The van der Waals surface area contributed by atoms with Gasteiger partial charge in [0.2, 0.25) is 5.91 Å². The minimum Gasteiger partial charge on any atom is -0.368 e. The summed E-state index contributed by atoms with van der Waals surface area (Å²) in [5.74, 6) is -1.04. The van der Waals surface area contributed by atoms with Crippen LogP contribution in [-0.4, -0.2) is 30.6 Å². The molecule has 7 nitrogen and oxygen atoms in total. The summed E-state index contributed by atoms with van der Waals surface area (Å²) in [6.07, 6.45) is 1.59. The standard InChI is InChI=1S/C27H27N3O4/c1-18-7-2-4-10-22(18)26(32)29-21-15-13-20(14-16-21)27(33)30-23-11-5-3-8-19(23)9-6-12-25(30)34-17-24(28)31/h2-5,7-8,10-11,13-16,25H,6,9,12,17H2,1H3,(H2,28,31)(H,29,32). The molecule has 1 aliphatic rings. The Kier molecular flexibility index (Phi) is 7.04. The maximum atomic E-state index is 13.6. The molecule has 0 saturated carbocycles. The molecule has 1 heterocycles. The van der Waals surface area contributed by atoms with Crippen LogP contribution in [0.4, 0.5) is 11.4 Å². The number of amides is 3. The summed E-state index contributed by atoms with van der Waals surface area (Å²) in [7, 11) is 0. The Hall–Kier alpha value is -3.97. The normalized spacial score (nSPS) is 15.2. The molecule has 3 aromatic rings. The number of rotatable bonds is 6. The molecule has 174 valence electrons. The molecule has 0 spiro atoms. The first-order chi connectivity index (χ1) is 16.4. The average molecular weight is 458 g/mol. The molecular weight excluding hydrogens is 430 g/mol. The minimum atomic E-state index is -0.607. The van der Waals surface area contributed by atoms with Crippen LogP contribution in [-0.2, 0) is 16.0 Å². The van der Waals surface area contributed by atoms with Crippen LogP contribution in [0.1, 0.15) is 44.7 Å². The van der Waals surface area contributed by atoms with Crippen molar-refractivity contribution in [2.75, 3.05) is 16.8 Å². The monoisotopic (exact) mass is 457 g/mol. The van der Waals surface area contributed by atoms with Crippen LogP contribution in [0.2, 0.25) is 0 Å². The third-order valence-electron chi connectivity index (χ3n) is 5.85. The van der Waals surface area contributed by atoms with Crippen molar-refractivity contribution in [2.45, 2.75) is 32.4 Å². The van der Waals surface area contributed by atoms with Gasteiger partial charge in [-0.25, -0.2) is 0 Å². The summed E-state index contributed by atoms with van der Waals surface area (Å²) < 4.78 is 5.75. The fraction of sp³-hybridized carbons (Fsp3) is 0.222. The van der Waals surface area contributed by atoms with E-state index < -0.39 is 12.1 Å². The van der Waals surface area contributed by atoms with Crippen LogP contribution in [0.15, 0.2) is 72.8 Å². The first-order valence-corrected chi connectivity index (χ1v) is 11.2. The lowest BCUT2D eigenvalue weighted by molar-refractivity contribution is -0.124. The molecule has 3 amide bonds. The van der Waals surface area contributed by atoms with Crippen LogP contribution in [0.5, 0.6) is 0 Å². The molecule has 4 rings (SSSR count). The van der Waals surface area contributed by atoms with Crippen molar-refractivity contribution in [1.82, 2.24) is 0 Å². The number of nitrogens with two attached hydrogens (primary N) is 1. The summed E-state index contributed by atoms with van der Waals surface area (Å²) in [5, 5.41) is 2.87. The second-order valence-electron chi connectivity index (χ2n) is 8.27. The highest BCUT2D eigenvalue weighted by atomic mass is 16.5. The van der Waals surface area contributed by atoms with E-state index in [-0.39, 0.29) is 18.4 Å². The molecule has 0 radical (unpaired) electrons. The fourth-order valence-corrected chi connectivity index (χ4v) is 4.15. The zero-order valence-corrected chi connectivity index (χ0v) is 19.0. The molecule has 34 heavy (non-hydrogen) atoms. The number of nitrogens with one attached hydrogen (secondary N) is 1. The van der Waals surface area contributed by atoms with E-state index in [1.165, 1.54) is 0 Å². The smallest absolute Gasteiger partial charge is 0.260 e. The Morgan fingerprint density at radius 2 is 1.71 bits per heavy atom. The van der Waals surface area contributed by atoms with E-state index in [1.54, 1.807) is 35.2 Å². The second-order valence-corrected chi connectivity index (χ2v) is 8.27. The van der Waals surface area contributed by atoms with E-state index in [4.69, 9.17) is 10.5 Å². The summed E-state index contributed by atoms with van der Waals surface area (Å²) in [4.78, 5) is 39.2. The number of ether oxygens (including phenoxy) is 1. The van der Waals surface area contributed by atoms with Gasteiger partial charge in [-0.05, 0) is 73.7 Å². The van der Waals surface area contributed by atoms with E-state index in [0.29, 0.717) is 23.2 Å². The SMILES string of the molecule is Cc1ccccc1C(=O)Nc1ccc(C(=O)N2c3ccccc3CCCC2OCC(N)=O)cc1. The van der Waals surface area contributed by atoms with Crippen LogP contribution < -0.4 is 16.0 Å². The van der Waals surface area contributed by atoms with Gasteiger partial charge in [-0.2, -0.15) is 0 Å². The summed E-state index contributed by atoms with van der Waals surface area (Å²) in [6.45, 7) is 1.62. The van der Waals surface area contributed by atoms with Gasteiger partial charge in [0.05, 0.1) is 0 Å². The molecule has 0 aliphatic carbocycles. The third-order valence-corrected chi connectivity index (χ3v) is 5.85. The van der Waals surface area contributed by atoms with E-state index in [0.717, 1.165) is 29.7 Å². The van der Waals surface area contributed by atoms with Crippen molar-refractivity contribution in [3.8, 4) is 0 Å². The number of nitrogens with zero attached hydrogens (tertiary/aromatic N) is 1. The van der Waals surface area contributed by atoms with Crippen molar-refractivity contribution in [3.63, 3.8) is 0 Å². The van der Waals surface area contributed by atoms with Gasteiger partial charge in [-0.1, -0.05) is 36.4 Å². The number of benzene rings is 3. The number of primary amides is 1. The maximum absolute atomic E-state index is 13.6. The van der Waals surface area contributed by atoms with E-state index in [9.17, 15) is 14.4 Å². The Morgan fingerprint density at radius 1 is 1.00 bits per heavy atom. The first-order valence-electron chi connectivity index (χ1n) is 11.2. The van der Waals surface area contributed by atoms with Crippen molar-refractivity contribution < 1.29 is 19.1 Å². The van der Waals surface area contributed by atoms with E-state index in [1.807, 2.05) is 49.4 Å². The quantitative estimate of drug-likeness (QED) is 0.583. The Morgan fingerprint density at radius 3 is 2.44 bits per heavy atom. The van der Waals surface area contributed by atoms with Gasteiger partial charge in [0.25, 0.3) is 11.8 Å². The lowest BCUT2D eigenvalue weighted by Gasteiger charge is -2.31. The summed E-state index contributed by atoms with van der Waals surface area (Å²) in [5.41, 5.74) is 9.59. The number of hydrogen-bond donors (Lipinski definition) is 2. The number of para-hydroxylation sites is 1. The van der Waals surface area contributed by atoms with Gasteiger partial charge in [0, 0.05) is 22.5 Å².